The Bertz CT molecular complexity index is 869. The third kappa shape index (κ3) is 3.63. The Morgan fingerprint density at radius 1 is 1.39 bits per heavy atom. The standard InChI is InChI=1S/C16H19F3N6O3/c1-3-4-7-24-12-11(10-21-22(2)13(12)26)25(28-14(27)16(17,18)19)15(24)23-8-5-20-6-9-23/h10,15,20H,5-9H2,1-2H3. The second kappa shape index (κ2) is 7.69. The van der Waals surface area contributed by atoms with Crippen LogP contribution in [0.5, 0.6) is 0 Å². The average molecular weight is 400 g/mol. The van der Waals surface area contributed by atoms with E-state index in [0.717, 1.165) is 9.75 Å². The molecule has 28 heavy (non-hydrogen) atoms. The van der Waals surface area contributed by atoms with Gasteiger partial charge in [-0.25, -0.2) is 9.48 Å². The molecule has 1 fully saturated rings. The maximum Gasteiger partial charge on any atom is 0.493 e. The lowest BCUT2D eigenvalue weighted by molar-refractivity contribution is -0.203. The van der Waals surface area contributed by atoms with Gasteiger partial charge in [-0.2, -0.15) is 23.3 Å². The average Bonchev–Trinajstić information content (AvgIpc) is 2.96. The van der Waals surface area contributed by atoms with Gasteiger partial charge in [0.2, 0.25) is 0 Å². The summed E-state index contributed by atoms with van der Waals surface area (Å²) in [6, 6.07) is 0. The number of carbonyl (C=O) groups excluding carboxylic acids is 1. The molecule has 12 heteroatoms. The summed E-state index contributed by atoms with van der Waals surface area (Å²) in [5.41, 5.74) is -0.456. The normalized spacial score (nSPS) is 19.8. The highest BCUT2D eigenvalue weighted by Crippen LogP contribution is 2.38. The molecule has 0 bridgehead atoms. The van der Waals surface area contributed by atoms with E-state index in [9.17, 15) is 22.8 Å². The number of aryl methyl sites for hydroxylation is 1. The first-order valence-corrected chi connectivity index (χ1v) is 8.51. The molecule has 0 amide bonds. The lowest BCUT2D eigenvalue weighted by atomic mass is 10.3. The summed E-state index contributed by atoms with van der Waals surface area (Å²) in [6.45, 7) is 3.82. The van der Waals surface area contributed by atoms with Crippen molar-refractivity contribution in [1.82, 2.24) is 20.0 Å². The predicted octanol–water partition coefficient (Wildman–Crippen LogP) is -0.361. The Morgan fingerprint density at radius 2 is 2.07 bits per heavy atom. The van der Waals surface area contributed by atoms with Crippen LogP contribution in [0.2, 0.25) is 0 Å². The topological polar surface area (TPSA) is 82.9 Å². The number of piperazine rings is 1. The summed E-state index contributed by atoms with van der Waals surface area (Å²) in [5.74, 6) is 3.16. The van der Waals surface area contributed by atoms with Crippen LogP contribution in [0.1, 0.15) is 6.92 Å². The fourth-order valence-corrected chi connectivity index (χ4v) is 3.14. The SMILES string of the molecule is CC#CCN1c2c(cnn(C)c2=O)N(OC(=O)C(F)(F)F)C1N1CCNCC1. The molecule has 2 aliphatic rings. The van der Waals surface area contributed by atoms with E-state index in [1.165, 1.54) is 18.1 Å². The monoisotopic (exact) mass is 400 g/mol. The zero-order valence-corrected chi connectivity index (χ0v) is 15.3. The minimum atomic E-state index is -5.18. The number of nitrogens with one attached hydrogen (secondary N) is 1. The molecule has 1 aromatic heterocycles. The Balaban J connectivity index is 2.10. The first-order chi connectivity index (χ1) is 13.3. The van der Waals surface area contributed by atoms with E-state index in [1.807, 2.05) is 4.90 Å². The van der Waals surface area contributed by atoms with Crippen LogP contribution in [0.25, 0.3) is 0 Å². The zero-order chi connectivity index (χ0) is 20.5. The molecule has 0 radical (unpaired) electrons. The van der Waals surface area contributed by atoms with Crippen molar-refractivity contribution in [1.29, 1.82) is 0 Å². The molecule has 9 nitrogen and oxygen atoms in total. The molecule has 1 atom stereocenters. The summed E-state index contributed by atoms with van der Waals surface area (Å²) in [6.07, 6.45) is -4.92. The van der Waals surface area contributed by atoms with Crippen molar-refractivity contribution in [2.24, 2.45) is 7.05 Å². The number of hydroxylamine groups is 1. The summed E-state index contributed by atoms with van der Waals surface area (Å²) in [4.78, 5) is 32.3. The Hall–Kier alpha value is -2.78. The molecule has 0 aromatic carbocycles. The van der Waals surface area contributed by atoms with Crippen LogP contribution in [0.15, 0.2) is 11.0 Å². The fraction of sp³-hybridized carbons (Fsp3) is 0.562. The highest BCUT2D eigenvalue weighted by Gasteiger charge is 2.49. The van der Waals surface area contributed by atoms with Gasteiger partial charge in [-0.3, -0.25) is 9.69 Å². The van der Waals surface area contributed by atoms with Crippen LogP contribution in [0, 0.1) is 11.8 Å². The van der Waals surface area contributed by atoms with Crippen molar-refractivity contribution in [3.05, 3.63) is 16.6 Å². The molecule has 1 aromatic rings. The molecule has 0 spiro atoms. The van der Waals surface area contributed by atoms with E-state index in [-0.39, 0.29) is 17.9 Å². The molecule has 3 rings (SSSR count). The van der Waals surface area contributed by atoms with Gasteiger partial charge in [0.25, 0.3) is 5.56 Å². The van der Waals surface area contributed by atoms with Crippen LogP contribution in [-0.2, 0) is 16.7 Å². The van der Waals surface area contributed by atoms with Crippen molar-refractivity contribution < 1.29 is 22.8 Å². The van der Waals surface area contributed by atoms with E-state index < -0.39 is 24.0 Å². The highest BCUT2D eigenvalue weighted by atomic mass is 19.4. The molecule has 0 saturated carbocycles. The van der Waals surface area contributed by atoms with E-state index in [4.69, 9.17) is 4.84 Å². The van der Waals surface area contributed by atoms with Gasteiger partial charge in [0.15, 0.2) is 6.29 Å². The van der Waals surface area contributed by atoms with Crippen molar-refractivity contribution in [2.75, 3.05) is 42.7 Å². The molecule has 2 aliphatic heterocycles. The zero-order valence-electron chi connectivity index (χ0n) is 15.3. The number of fused-ring (bicyclic) bond motifs is 1. The third-order valence-corrected chi connectivity index (χ3v) is 4.42. The summed E-state index contributed by atoms with van der Waals surface area (Å²) in [7, 11) is 1.43. The number of alkyl halides is 3. The number of hydrogen-bond donors (Lipinski definition) is 1. The van der Waals surface area contributed by atoms with Gasteiger partial charge < -0.3 is 15.1 Å². The summed E-state index contributed by atoms with van der Waals surface area (Å²) >= 11 is 0. The molecular formula is C16H19F3N6O3. The van der Waals surface area contributed by atoms with Gasteiger partial charge in [0.1, 0.15) is 11.4 Å². The van der Waals surface area contributed by atoms with Crippen molar-refractivity contribution in [3.8, 4) is 11.8 Å². The van der Waals surface area contributed by atoms with Gasteiger partial charge >= 0.3 is 12.1 Å². The number of anilines is 2. The minimum Gasteiger partial charge on any atom is -0.329 e. The molecule has 0 aliphatic carbocycles. The highest BCUT2D eigenvalue weighted by molar-refractivity contribution is 5.81. The van der Waals surface area contributed by atoms with Gasteiger partial charge in [-0.1, -0.05) is 5.92 Å². The van der Waals surface area contributed by atoms with E-state index in [0.29, 0.717) is 26.2 Å². The second-order valence-corrected chi connectivity index (χ2v) is 6.20. The number of carbonyl (C=O) groups is 1. The quantitative estimate of drug-likeness (QED) is 0.689. The number of nitrogens with zero attached hydrogens (tertiary/aromatic N) is 5. The molecular weight excluding hydrogens is 381 g/mol. The molecule has 152 valence electrons. The molecule has 1 saturated heterocycles. The van der Waals surface area contributed by atoms with Gasteiger partial charge in [0, 0.05) is 33.2 Å². The summed E-state index contributed by atoms with van der Waals surface area (Å²) in [5, 5.41) is 7.81. The van der Waals surface area contributed by atoms with Crippen LogP contribution in [-0.4, -0.2) is 65.8 Å². The molecule has 1 N–H and O–H groups in total. The first kappa shape index (κ1) is 20.0. The van der Waals surface area contributed by atoms with E-state index >= 15 is 0 Å². The smallest absolute Gasteiger partial charge is 0.329 e. The van der Waals surface area contributed by atoms with Crippen LogP contribution >= 0.6 is 0 Å². The molecule has 1 unspecified atom stereocenters. The minimum absolute atomic E-state index is 0.0119. The maximum absolute atomic E-state index is 12.8. The lowest BCUT2D eigenvalue weighted by Crippen LogP contribution is -2.61. The number of halogens is 3. The third-order valence-electron chi connectivity index (χ3n) is 4.42. The van der Waals surface area contributed by atoms with Gasteiger partial charge in [-0.15, -0.1) is 5.92 Å². The predicted molar refractivity (Wildman–Crippen MR) is 93.1 cm³/mol. The maximum atomic E-state index is 12.8. The fourth-order valence-electron chi connectivity index (χ4n) is 3.14. The van der Waals surface area contributed by atoms with Gasteiger partial charge in [-0.05, 0) is 6.92 Å². The first-order valence-electron chi connectivity index (χ1n) is 8.51. The number of rotatable bonds is 3. The van der Waals surface area contributed by atoms with E-state index in [2.05, 4.69) is 22.3 Å². The number of hydrogen-bond acceptors (Lipinski definition) is 8. The number of aromatic nitrogens is 2. The summed E-state index contributed by atoms with van der Waals surface area (Å²) < 4.78 is 39.6. The van der Waals surface area contributed by atoms with Crippen LogP contribution in [0.3, 0.4) is 0 Å². The van der Waals surface area contributed by atoms with Crippen LogP contribution in [0.4, 0.5) is 24.5 Å². The molecule has 3 heterocycles. The Morgan fingerprint density at radius 3 is 2.68 bits per heavy atom. The van der Waals surface area contributed by atoms with Crippen molar-refractivity contribution in [2.45, 2.75) is 19.4 Å². The van der Waals surface area contributed by atoms with Gasteiger partial charge in [0.05, 0.1) is 12.7 Å². The van der Waals surface area contributed by atoms with Crippen molar-refractivity contribution in [3.63, 3.8) is 0 Å². The second-order valence-electron chi connectivity index (χ2n) is 6.20. The Labute approximate surface area is 158 Å². The largest absolute Gasteiger partial charge is 0.493 e. The van der Waals surface area contributed by atoms with E-state index in [1.54, 1.807) is 6.92 Å². The lowest BCUT2D eigenvalue weighted by Gasteiger charge is -2.40. The van der Waals surface area contributed by atoms with Crippen LogP contribution < -0.4 is 20.8 Å². The Kier molecular flexibility index (Phi) is 5.48. The van der Waals surface area contributed by atoms with Crippen molar-refractivity contribution >= 4 is 17.3 Å².